The number of aliphatic hydroxyl groups excluding tert-OH is 1. The smallest absolute Gasteiger partial charge is 0.0699 e. The highest BCUT2D eigenvalue weighted by molar-refractivity contribution is 5.33. The lowest BCUT2D eigenvalue weighted by atomic mass is 9.93. The first-order valence-corrected chi connectivity index (χ1v) is 9.09. The largest absolute Gasteiger partial charge is 0.393 e. The summed E-state index contributed by atoms with van der Waals surface area (Å²) in [4.78, 5) is 2.47. The maximum Gasteiger partial charge on any atom is 0.0699 e. The fourth-order valence-corrected chi connectivity index (χ4v) is 3.61. The molecule has 3 rings (SSSR count). The number of rotatable bonds is 5. The first-order valence-electron chi connectivity index (χ1n) is 9.09. The minimum atomic E-state index is -0.218. The Morgan fingerprint density at radius 2 is 1.96 bits per heavy atom. The summed E-state index contributed by atoms with van der Waals surface area (Å²) in [5.74, 6) is 0.799. The van der Waals surface area contributed by atoms with E-state index in [4.69, 9.17) is 5.10 Å². The molecule has 1 aromatic heterocycles. The molecule has 0 radical (unpaired) electrons. The van der Waals surface area contributed by atoms with Crippen molar-refractivity contribution in [3.05, 3.63) is 47.8 Å². The van der Waals surface area contributed by atoms with E-state index in [1.165, 1.54) is 17.7 Å². The van der Waals surface area contributed by atoms with Crippen LogP contribution in [0.5, 0.6) is 0 Å². The second-order valence-corrected chi connectivity index (χ2v) is 7.35. The average molecular weight is 327 g/mol. The van der Waals surface area contributed by atoms with Gasteiger partial charge in [-0.15, -0.1) is 0 Å². The molecule has 4 heteroatoms. The summed E-state index contributed by atoms with van der Waals surface area (Å²) in [6.45, 7) is 9.33. The second kappa shape index (κ2) is 7.49. The monoisotopic (exact) mass is 327 g/mol. The molecule has 1 N–H and O–H groups in total. The number of likely N-dealkylation sites (tertiary alicyclic amines) is 1. The van der Waals surface area contributed by atoms with E-state index in [0.29, 0.717) is 11.8 Å². The van der Waals surface area contributed by atoms with Gasteiger partial charge in [-0.2, -0.15) is 5.10 Å². The van der Waals surface area contributed by atoms with Crippen LogP contribution in [0.3, 0.4) is 0 Å². The van der Waals surface area contributed by atoms with Gasteiger partial charge in [-0.05, 0) is 50.3 Å². The molecule has 1 fully saturated rings. The molecule has 4 nitrogen and oxygen atoms in total. The summed E-state index contributed by atoms with van der Waals surface area (Å²) >= 11 is 0. The predicted octanol–water partition coefficient (Wildman–Crippen LogP) is 3.59. The molecule has 1 saturated heterocycles. The number of benzene rings is 1. The van der Waals surface area contributed by atoms with E-state index >= 15 is 0 Å². The van der Waals surface area contributed by atoms with Gasteiger partial charge in [-0.3, -0.25) is 4.90 Å². The molecule has 1 aromatic carbocycles. The molecule has 2 unspecified atom stereocenters. The molecular formula is C20H29N3O. The number of hydrogen-bond donors (Lipinski definition) is 1. The lowest BCUT2D eigenvalue weighted by molar-refractivity contribution is 0.0598. The fourth-order valence-electron chi connectivity index (χ4n) is 3.61. The standard InChI is InChI=1S/C20H29N3O/c1-15(2)20-18(13-22-11-7-8-17(12-22)16(3)24)14-23(21-20)19-9-5-4-6-10-19/h4-6,9-10,14-17,24H,7-8,11-13H2,1-3H3. The van der Waals surface area contributed by atoms with Gasteiger partial charge in [0, 0.05) is 24.8 Å². The van der Waals surface area contributed by atoms with Crippen molar-refractivity contribution in [2.24, 2.45) is 5.92 Å². The summed E-state index contributed by atoms with van der Waals surface area (Å²) in [5.41, 5.74) is 3.59. The Kier molecular flexibility index (Phi) is 5.36. The molecule has 24 heavy (non-hydrogen) atoms. The molecule has 1 aliphatic rings. The van der Waals surface area contributed by atoms with Crippen LogP contribution in [0.4, 0.5) is 0 Å². The van der Waals surface area contributed by atoms with Crippen LogP contribution in [0.25, 0.3) is 5.69 Å². The summed E-state index contributed by atoms with van der Waals surface area (Å²) in [7, 11) is 0. The molecule has 2 heterocycles. The van der Waals surface area contributed by atoms with Crippen molar-refractivity contribution in [3.63, 3.8) is 0 Å². The minimum absolute atomic E-state index is 0.218. The Labute approximate surface area is 145 Å². The number of aliphatic hydroxyl groups is 1. The normalized spacial score (nSPS) is 20.5. The lowest BCUT2D eigenvalue weighted by Gasteiger charge is -2.34. The minimum Gasteiger partial charge on any atom is -0.393 e. The molecule has 0 aliphatic carbocycles. The highest BCUT2D eigenvalue weighted by Crippen LogP contribution is 2.25. The average Bonchev–Trinajstić information content (AvgIpc) is 3.00. The van der Waals surface area contributed by atoms with Crippen molar-refractivity contribution in [3.8, 4) is 5.69 Å². The third-order valence-electron chi connectivity index (χ3n) is 5.01. The van der Waals surface area contributed by atoms with E-state index in [0.717, 1.165) is 31.7 Å². The summed E-state index contributed by atoms with van der Waals surface area (Å²) in [5, 5.41) is 14.8. The van der Waals surface area contributed by atoms with E-state index in [2.05, 4.69) is 37.1 Å². The van der Waals surface area contributed by atoms with Gasteiger partial charge < -0.3 is 5.11 Å². The van der Waals surface area contributed by atoms with Gasteiger partial charge in [-0.1, -0.05) is 32.0 Å². The van der Waals surface area contributed by atoms with Crippen LogP contribution < -0.4 is 0 Å². The van der Waals surface area contributed by atoms with Crippen LogP contribution in [-0.4, -0.2) is 39.0 Å². The molecule has 0 amide bonds. The molecule has 2 atom stereocenters. The van der Waals surface area contributed by atoms with E-state index in [-0.39, 0.29) is 6.10 Å². The Morgan fingerprint density at radius 1 is 1.21 bits per heavy atom. The zero-order valence-electron chi connectivity index (χ0n) is 15.0. The van der Waals surface area contributed by atoms with Crippen LogP contribution in [0.15, 0.2) is 36.5 Å². The maximum atomic E-state index is 9.91. The van der Waals surface area contributed by atoms with Crippen molar-refractivity contribution >= 4 is 0 Å². The zero-order chi connectivity index (χ0) is 17.1. The SMILES string of the molecule is CC(C)c1nn(-c2ccccc2)cc1CN1CCCC(C(C)O)C1. The molecule has 2 aromatic rings. The summed E-state index contributed by atoms with van der Waals surface area (Å²) in [6, 6.07) is 10.3. The van der Waals surface area contributed by atoms with E-state index in [1.807, 2.05) is 29.8 Å². The summed E-state index contributed by atoms with van der Waals surface area (Å²) < 4.78 is 2.00. The van der Waals surface area contributed by atoms with Crippen molar-refractivity contribution in [1.29, 1.82) is 0 Å². The van der Waals surface area contributed by atoms with E-state index < -0.39 is 0 Å². The number of aromatic nitrogens is 2. The van der Waals surface area contributed by atoms with Crippen molar-refractivity contribution in [2.45, 2.75) is 52.2 Å². The third-order valence-corrected chi connectivity index (χ3v) is 5.01. The predicted molar refractivity (Wildman–Crippen MR) is 97.3 cm³/mol. The lowest BCUT2D eigenvalue weighted by Crippen LogP contribution is -2.39. The number of hydrogen-bond acceptors (Lipinski definition) is 3. The fraction of sp³-hybridized carbons (Fsp3) is 0.550. The molecule has 0 saturated carbocycles. The molecular weight excluding hydrogens is 298 g/mol. The molecule has 0 spiro atoms. The van der Waals surface area contributed by atoms with Crippen LogP contribution in [-0.2, 0) is 6.54 Å². The van der Waals surface area contributed by atoms with Crippen LogP contribution in [0, 0.1) is 5.92 Å². The first kappa shape index (κ1) is 17.2. The maximum absolute atomic E-state index is 9.91. The Balaban J connectivity index is 1.80. The van der Waals surface area contributed by atoms with Crippen LogP contribution in [0.1, 0.15) is 50.8 Å². The van der Waals surface area contributed by atoms with Gasteiger partial charge >= 0.3 is 0 Å². The number of para-hydroxylation sites is 1. The van der Waals surface area contributed by atoms with E-state index in [1.54, 1.807) is 0 Å². The van der Waals surface area contributed by atoms with Crippen molar-refractivity contribution in [1.82, 2.24) is 14.7 Å². The third kappa shape index (κ3) is 3.87. The van der Waals surface area contributed by atoms with Crippen molar-refractivity contribution < 1.29 is 5.11 Å². The van der Waals surface area contributed by atoms with Gasteiger partial charge in [-0.25, -0.2) is 4.68 Å². The van der Waals surface area contributed by atoms with E-state index in [9.17, 15) is 5.11 Å². The highest BCUT2D eigenvalue weighted by atomic mass is 16.3. The molecule has 130 valence electrons. The Bertz CT molecular complexity index is 648. The Morgan fingerprint density at radius 3 is 2.62 bits per heavy atom. The van der Waals surface area contributed by atoms with Gasteiger partial charge in [0.15, 0.2) is 0 Å². The molecule has 1 aliphatic heterocycles. The van der Waals surface area contributed by atoms with Gasteiger partial charge in [0.25, 0.3) is 0 Å². The Hall–Kier alpha value is -1.65. The first-order chi connectivity index (χ1) is 11.5. The summed E-state index contributed by atoms with van der Waals surface area (Å²) in [6.07, 6.45) is 4.26. The highest BCUT2D eigenvalue weighted by Gasteiger charge is 2.25. The quantitative estimate of drug-likeness (QED) is 0.912. The number of nitrogens with zero attached hydrogens (tertiary/aromatic N) is 3. The topological polar surface area (TPSA) is 41.3 Å². The van der Waals surface area contributed by atoms with Crippen LogP contribution >= 0.6 is 0 Å². The van der Waals surface area contributed by atoms with Gasteiger partial charge in [0.2, 0.25) is 0 Å². The molecule has 0 bridgehead atoms. The number of piperidine rings is 1. The van der Waals surface area contributed by atoms with Gasteiger partial charge in [0.1, 0.15) is 0 Å². The van der Waals surface area contributed by atoms with Crippen molar-refractivity contribution in [2.75, 3.05) is 13.1 Å². The zero-order valence-corrected chi connectivity index (χ0v) is 15.0. The van der Waals surface area contributed by atoms with Crippen LogP contribution in [0.2, 0.25) is 0 Å². The van der Waals surface area contributed by atoms with Gasteiger partial charge in [0.05, 0.1) is 17.5 Å². The second-order valence-electron chi connectivity index (χ2n) is 7.35.